The maximum absolute atomic E-state index is 12.2. The Hall–Kier alpha value is -2.65. The average Bonchev–Trinajstić information content (AvgIpc) is 2.63. The number of hydrogen-bond acceptors (Lipinski definition) is 3. The smallest absolute Gasteiger partial charge is 0.194 e. The highest BCUT2D eigenvalue weighted by Crippen LogP contribution is 2.38. The van der Waals surface area contributed by atoms with E-state index in [9.17, 15) is 4.79 Å². The second-order valence-electron chi connectivity index (χ2n) is 3.91. The Morgan fingerprint density at radius 1 is 1.06 bits per heavy atom. The van der Waals surface area contributed by atoms with Gasteiger partial charge in [0.15, 0.2) is 5.78 Å². The molecule has 0 aliphatic heterocycles. The summed E-state index contributed by atoms with van der Waals surface area (Å²) in [6, 6.07) is 3.65. The fourth-order valence-electron chi connectivity index (χ4n) is 1.93. The van der Waals surface area contributed by atoms with Crippen LogP contribution >= 0.6 is 0 Å². The summed E-state index contributed by atoms with van der Waals surface area (Å²) in [4.78, 5) is 12.2. The highest BCUT2D eigenvalue weighted by atomic mass is 16.1. The first-order chi connectivity index (χ1) is 8.53. The van der Waals surface area contributed by atoms with Crippen LogP contribution in [0, 0.1) is 22.7 Å². The summed E-state index contributed by atoms with van der Waals surface area (Å²) in [5.74, 6) is -0.210. The normalized spacial score (nSPS) is 14.1. The number of hydrogen-bond donors (Lipinski definition) is 0. The van der Waals surface area contributed by atoms with E-state index in [1.54, 1.807) is 13.8 Å². The van der Waals surface area contributed by atoms with Crippen molar-refractivity contribution >= 4 is 5.78 Å². The number of Topliss-reactive ketones (excluding diaryl/α,β-unsaturated/α-hetero) is 1. The van der Waals surface area contributed by atoms with Gasteiger partial charge in [-0.1, -0.05) is 30.9 Å². The lowest BCUT2D eigenvalue weighted by atomic mass is 9.95. The van der Waals surface area contributed by atoms with Gasteiger partial charge in [0.2, 0.25) is 0 Å². The number of carbonyl (C=O) groups excluding carboxylic acids is 1. The Balaban J connectivity index is 3.87. The van der Waals surface area contributed by atoms with Crippen molar-refractivity contribution in [3.05, 3.63) is 58.7 Å². The van der Waals surface area contributed by atoms with Crippen molar-refractivity contribution in [2.24, 2.45) is 0 Å². The zero-order chi connectivity index (χ0) is 13.9. The lowest BCUT2D eigenvalue weighted by Gasteiger charge is -2.04. The summed E-state index contributed by atoms with van der Waals surface area (Å²) in [6.45, 7) is 10.8. The molecular weight excluding hydrogens is 224 g/mol. The largest absolute Gasteiger partial charge is 0.289 e. The third-order valence-electron chi connectivity index (χ3n) is 2.66. The summed E-state index contributed by atoms with van der Waals surface area (Å²) in [5, 5.41) is 18.0. The Morgan fingerprint density at radius 3 is 1.89 bits per heavy atom. The molecule has 1 rings (SSSR count). The first-order valence-corrected chi connectivity index (χ1v) is 5.30. The summed E-state index contributed by atoms with van der Waals surface area (Å²) in [5.41, 5.74) is 2.34. The van der Waals surface area contributed by atoms with Crippen LogP contribution in [0.5, 0.6) is 0 Å². The fourth-order valence-corrected chi connectivity index (χ4v) is 1.93. The van der Waals surface area contributed by atoms with E-state index in [2.05, 4.69) is 13.2 Å². The molecular formula is C15H12N2O. The Kier molecular flexibility index (Phi) is 3.82. The molecule has 0 radical (unpaired) electrons. The molecule has 0 saturated carbocycles. The first-order valence-electron chi connectivity index (χ1n) is 5.30. The molecule has 0 aromatic heterocycles. The Bertz CT molecular complexity index is 608. The molecule has 0 aromatic rings. The van der Waals surface area contributed by atoms with E-state index in [-0.39, 0.29) is 11.4 Å². The van der Waals surface area contributed by atoms with Gasteiger partial charge in [0.05, 0.1) is 0 Å². The second kappa shape index (κ2) is 5.12. The molecule has 0 spiro atoms. The highest BCUT2D eigenvalue weighted by molar-refractivity contribution is 6.20. The van der Waals surface area contributed by atoms with Crippen LogP contribution in [-0.2, 0) is 4.79 Å². The predicted octanol–water partition coefficient (Wildman–Crippen LogP) is 2.92. The molecule has 18 heavy (non-hydrogen) atoms. The van der Waals surface area contributed by atoms with Crippen molar-refractivity contribution in [3.8, 4) is 12.1 Å². The quantitative estimate of drug-likeness (QED) is 0.547. The van der Waals surface area contributed by atoms with Crippen LogP contribution < -0.4 is 0 Å². The molecule has 0 fully saturated rings. The molecule has 1 aliphatic rings. The molecule has 88 valence electrons. The Labute approximate surface area is 106 Å². The highest BCUT2D eigenvalue weighted by Gasteiger charge is 2.32. The molecule has 3 heteroatoms. The van der Waals surface area contributed by atoms with E-state index >= 15 is 0 Å². The maximum atomic E-state index is 12.2. The van der Waals surface area contributed by atoms with Gasteiger partial charge in [-0.2, -0.15) is 10.5 Å². The minimum atomic E-state index is -0.210. The molecule has 0 aromatic carbocycles. The zero-order valence-electron chi connectivity index (χ0n) is 10.4. The third kappa shape index (κ3) is 1.83. The molecule has 0 unspecified atom stereocenters. The number of nitriles is 2. The van der Waals surface area contributed by atoms with Gasteiger partial charge in [-0.15, -0.1) is 0 Å². The van der Waals surface area contributed by atoms with Crippen LogP contribution in [-0.4, -0.2) is 5.78 Å². The summed E-state index contributed by atoms with van der Waals surface area (Å²) >= 11 is 0. The molecule has 0 bridgehead atoms. The SMILES string of the molecule is C=CC1=C(C=C)C(=C(C#N)C#N)C(=C(C)C)C1=O. The maximum Gasteiger partial charge on any atom is 0.194 e. The predicted molar refractivity (Wildman–Crippen MR) is 69.1 cm³/mol. The van der Waals surface area contributed by atoms with Gasteiger partial charge >= 0.3 is 0 Å². The van der Waals surface area contributed by atoms with Crippen LogP contribution in [0.25, 0.3) is 0 Å². The molecule has 0 amide bonds. The van der Waals surface area contributed by atoms with E-state index in [4.69, 9.17) is 10.5 Å². The van der Waals surface area contributed by atoms with Gasteiger partial charge in [-0.3, -0.25) is 4.79 Å². The summed E-state index contributed by atoms with van der Waals surface area (Å²) in [6.07, 6.45) is 2.91. The van der Waals surface area contributed by atoms with Crippen LogP contribution in [0.1, 0.15) is 13.8 Å². The molecule has 0 saturated heterocycles. The minimum absolute atomic E-state index is 0.0775. The van der Waals surface area contributed by atoms with Gasteiger partial charge in [-0.25, -0.2) is 0 Å². The van der Waals surface area contributed by atoms with Gasteiger partial charge in [-0.05, 0) is 19.4 Å². The average molecular weight is 236 g/mol. The van der Waals surface area contributed by atoms with E-state index in [1.807, 2.05) is 12.1 Å². The molecule has 0 N–H and O–H groups in total. The number of carbonyl (C=O) groups is 1. The molecule has 3 nitrogen and oxygen atoms in total. The lowest BCUT2D eigenvalue weighted by molar-refractivity contribution is -0.111. The van der Waals surface area contributed by atoms with Crippen molar-refractivity contribution in [3.63, 3.8) is 0 Å². The monoisotopic (exact) mass is 236 g/mol. The molecule has 0 heterocycles. The van der Waals surface area contributed by atoms with Crippen LogP contribution in [0.4, 0.5) is 0 Å². The van der Waals surface area contributed by atoms with E-state index in [1.165, 1.54) is 12.2 Å². The second-order valence-corrected chi connectivity index (χ2v) is 3.91. The van der Waals surface area contributed by atoms with Crippen molar-refractivity contribution < 1.29 is 4.79 Å². The van der Waals surface area contributed by atoms with E-state index in [0.717, 1.165) is 5.57 Å². The topological polar surface area (TPSA) is 64.7 Å². The van der Waals surface area contributed by atoms with E-state index in [0.29, 0.717) is 22.3 Å². The van der Waals surface area contributed by atoms with Crippen LogP contribution in [0.3, 0.4) is 0 Å². The summed E-state index contributed by atoms with van der Waals surface area (Å²) < 4.78 is 0. The number of nitrogens with zero attached hydrogens (tertiary/aromatic N) is 2. The lowest BCUT2D eigenvalue weighted by Crippen LogP contribution is -2.01. The standard InChI is InChI=1S/C15H12N2O/c1-5-11-12(6-2)15(18)13(9(3)4)14(11)10(7-16)8-17/h5-6H,1-2H2,3-4H3. The third-order valence-corrected chi connectivity index (χ3v) is 2.66. The summed E-state index contributed by atoms with van der Waals surface area (Å²) in [7, 11) is 0. The molecule has 1 aliphatic carbocycles. The minimum Gasteiger partial charge on any atom is -0.289 e. The Morgan fingerprint density at radius 2 is 1.56 bits per heavy atom. The number of allylic oxidation sites excluding steroid dienone is 8. The number of rotatable bonds is 2. The fraction of sp³-hybridized carbons (Fsp3) is 0.133. The van der Waals surface area contributed by atoms with Crippen molar-refractivity contribution in [1.82, 2.24) is 0 Å². The molecule has 0 atom stereocenters. The zero-order valence-corrected chi connectivity index (χ0v) is 10.4. The van der Waals surface area contributed by atoms with Crippen molar-refractivity contribution in [2.75, 3.05) is 0 Å². The van der Waals surface area contributed by atoms with Gasteiger partial charge < -0.3 is 0 Å². The van der Waals surface area contributed by atoms with Crippen molar-refractivity contribution in [1.29, 1.82) is 10.5 Å². The first kappa shape index (κ1) is 13.4. The number of ketones is 1. The van der Waals surface area contributed by atoms with E-state index < -0.39 is 0 Å². The van der Waals surface area contributed by atoms with Gasteiger partial charge in [0.1, 0.15) is 17.7 Å². The van der Waals surface area contributed by atoms with Gasteiger partial charge in [0.25, 0.3) is 0 Å². The van der Waals surface area contributed by atoms with Crippen molar-refractivity contribution in [2.45, 2.75) is 13.8 Å². The van der Waals surface area contributed by atoms with Crippen LogP contribution in [0.2, 0.25) is 0 Å². The van der Waals surface area contributed by atoms with Gasteiger partial charge in [0, 0.05) is 16.7 Å². The van der Waals surface area contributed by atoms with Crippen LogP contribution in [0.15, 0.2) is 58.7 Å².